The third kappa shape index (κ3) is 4.13. The molecule has 0 saturated heterocycles. The number of furan rings is 1. The Labute approximate surface area is 295 Å². The summed E-state index contributed by atoms with van der Waals surface area (Å²) >= 11 is 3.72. The van der Waals surface area contributed by atoms with Crippen molar-refractivity contribution in [1.29, 1.82) is 0 Å². The zero-order valence-corrected chi connectivity index (χ0v) is 28.4. The molecule has 8 aromatic carbocycles. The van der Waals surface area contributed by atoms with Gasteiger partial charge in [-0.2, -0.15) is 0 Å². The van der Waals surface area contributed by atoms with Crippen LogP contribution in [0.25, 0.3) is 84.2 Å². The number of benzene rings is 8. The molecular weight excluding hydrogens is 647 g/mol. The Hall–Kier alpha value is -5.94. The maximum absolute atomic E-state index is 6.66. The Morgan fingerprint density at radius 3 is 1.98 bits per heavy atom. The van der Waals surface area contributed by atoms with Gasteiger partial charge in [0.2, 0.25) is 0 Å². The standard InChI is InChI=1S/C46H27NOS2/c1-2-10-32-28(9-1)21-25-37-44-39(15-8-16-40(44)48-45(32)37)47(31-24-26-43-38(27-31)35-12-4-5-17-41(35)49-43)30-22-19-29(20-23-30)33-13-7-14-36-34-11-3-6-18-42(34)50-46(33)36/h1-27H. The van der Waals surface area contributed by atoms with E-state index in [1.54, 1.807) is 0 Å². The summed E-state index contributed by atoms with van der Waals surface area (Å²) in [7, 11) is 0. The van der Waals surface area contributed by atoms with Crippen LogP contribution in [-0.4, -0.2) is 0 Å². The zero-order valence-electron chi connectivity index (χ0n) is 26.8. The predicted molar refractivity (Wildman–Crippen MR) is 217 cm³/mol. The summed E-state index contributed by atoms with van der Waals surface area (Å²) in [4.78, 5) is 2.40. The van der Waals surface area contributed by atoms with Gasteiger partial charge in [0.1, 0.15) is 11.2 Å². The molecule has 2 nitrogen and oxygen atoms in total. The van der Waals surface area contributed by atoms with Crippen molar-refractivity contribution in [2.45, 2.75) is 0 Å². The predicted octanol–water partition coefficient (Wildman–Crippen LogP) is 14.6. The highest BCUT2D eigenvalue weighted by Crippen LogP contribution is 2.47. The molecular formula is C46H27NOS2. The van der Waals surface area contributed by atoms with E-state index in [2.05, 4.69) is 169 Å². The summed E-state index contributed by atoms with van der Waals surface area (Å²) in [6, 6.07) is 59.5. The van der Waals surface area contributed by atoms with Gasteiger partial charge in [-0.05, 0) is 77.2 Å². The van der Waals surface area contributed by atoms with Crippen molar-refractivity contribution in [2.75, 3.05) is 4.90 Å². The van der Waals surface area contributed by atoms with Crippen LogP contribution < -0.4 is 4.90 Å². The molecule has 0 fully saturated rings. The van der Waals surface area contributed by atoms with Crippen molar-refractivity contribution < 1.29 is 4.42 Å². The fourth-order valence-electron chi connectivity index (χ4n) is 7.77. The van der Waals surface area contributed by atoms with E-state index in [4.69, 9.17) is 4.42 Å². The lowest BCUT2D eigenvalue weighted by molar-refractivity contribution is 0.672. The zero-order chi connectivity index (χ0) is 32.8. The highest BCUT2D eigenvalue weighted by molar-refractivity contribution is 7.26. The molecule has 0 N–H and O–H groups in total. The van der Waals surface area contributed by atoms with Gasteiger partial charge in [0.05, 0.1) is 11.1 Å². The van der Waals surface area contributed by atoms with Crippen molar-refractivity contribution in [3.63, 3.8) is 0 Å². The molecule has 0 saturated carbocycles. The topological polar surface area (TPSA) is 16.4 Å². The van der Waals surface area contributed by atoms with Crippen LogP contribution in [0.5, 0.6) is 0 Å². The number of nitrogens with zero attached hydrogens (tertiary/aromatic N) is 1. The molecule has 0 amide bonds. The van der Waals surface area contributed by atoms with Crippen LogP contribution in [0, 0.1) is 0 Å². The van der Waals surface area contributed by atoms with Crippen molar-refractivity contribution >= 4 is 113 Å². The first-order valence-electron chi connectivity index (χ1n) is 16.8. The van der Waals surface area contributed by atoms with Gasteiger partial charge in [-0.3, -0.25) is 0 Å². The number of hydrogen-bond acceptors (Lipinski definition) is 4. The van der Waals surface area contributed by atoms with Crippen LogP contribution in [-0.2, 0) is 0 Å². The number of thiophene rings is 2. The van der Waals surface area contributed by atoms with E-state index in [0.717, 1.165) is 44.4 Å². The van der Waals surface area contributed by atoms with Crippen LogP contribution >= 0.6 is 22.7 Å². The van der Waals surface area contributed by atoms with E-state index >= 15 is 0 Å². The smallest absolute Gasteiger partial charge is 0.143 e. The lowest BCUT2D eigenvalue weighted by Gasteiger charge is -2.26. The normalized spacial score (nSPS) is 12.0. The molecule has 0 aliphatic carbocycles. The summed E-state index contributed by atoms with van der Waals surface area (Å²) in [6.07, 6.45) is 0. The molecule has 234 valence electrons. The average molecular weight is 674 g/mol. The molecule has 3 heterocycles. The minimum absolute atomic E-state index is 0.883. The summed E-state index contributed by atoms with van der Waals surface area (Å²) in [5, 5.41) is 9.74. The highest BCUT2D eigenvalue weighted by atomic mass is 32.1. The van der Waals surface area contributed by atoms with Gasteiger partial charge >= 0.3 is 0 Å². The first kappa shape index (κ1) is 28.0. The number of fused-ring (bicyclic) bond motifs is 11. The van der Waals surface area contributed by atoms with Crippen molar-refractivity contribution in [1.82, 2.24) is 0 Å². The SMILES string of the molecule is c1ccc2c(c1)ccc1c2oc2cccc(N(c3ccc(-c4cccc5c4sc4ccccc45)cc3)c3ccc4sc5ccccc5c4c3)c21. The molecule has 3 aromatic heterocycles. The fraction of sp³-hybridized carbons (Fsp3) is 0. The molecule has 0 aliphatic heterocycles. The Morgan fingerprint density at radius 2 is 1.12 bits per heavy atom. The summed E-state index contributed by atoms with van der Waals surface area (Å²) in [5.74, 6) is 0. The van der Waals surface area contributed by atoms with E-state index in [1.807, 2.05) is 22.7 Å². The molecule has 0 aliphatic rings. The summed E-state index contributed by atoms with van der Waals surface area (Å²) < 4.78 is 11.9. The molecule has 0 spiro atoms. The van der Waals surface area contributed by atoms with Crippen LogP contribution in [0.1, 0.15) is 0 Å². The number of hydrogen-bond donors (Lipinski definition) is 0. The third-order valence-corrected chi connectivity index (χ3v) is 12.4. The first-order valence-corrected chi connectivity index (χ1v) is 18.5. The van der Waals surface area contributed by atoms with Crippen molar-refractivity contribution in [3.8, 4) is 11.1 Å². The Morgan fingerprint density at radius 1 is 0.440 bits per heavy atom. The lowest BCUT2D eigenvalue weighted by atomic mass is 10.0. The second-order valence-electron chi connectivity index (χ2n) is 12.9. The van der Waals surface area contributed by atoms with E-state index in [-0.39, 0.29) is 0 Å². The van der Waals surface area contributed by atoms with Gasteiger partial charge < -0.3 is 9.32 Å². The van der Waals surface area contributed by atoms with Crippen molar-refractivity contribution in [2.24, 2.45) is 0 Å². The molecule has 0 bridgehead atoms. The van der Waals surface area contributed by atoms with Gasteiger partial charge in [0.25, 0.3) is 0 Å². The highest BCUT2D eigenvalue weighted by Gasteiger charge is 2.21. The summed E-state index contributed by atoms with van der Waals surface area (Å²) in [6.45, 7) is 0. The largest absolute Gasteiger partial charge is 0.455 e. The monoisotopic (exact) mass is 673 g/mol. The van der Waals surface area contributed by atoms with Crippen LogP contribution in [0.4, 0.5) is 17.1 Å². The van der Waals surface area contributed by atoms with E-state index < -0.39 is 0 Å². The molecule has 0 unspecified atom stereocenters. The Kier molecular flexibility index (Phi) is 6.03. The minimum atomic E-state index is 0.883. The van der Waals surface area contributed by atoms with Crippen LogP contribution in [0.3, 0.4) is 0 Å². The lowest BCUT2D eigenvalue weighted by Crippen LogP contribution is -2.10. The second kappa shape index (κ2) is 10.8. The molecule has 0 radical (unpaired) electrons. The van der Waals surface area contributed by atoms with Crippen LogP contribution in [0.15, 0.2) is 168 Å². The van der Waals surface area contributed by atoms with Crippen LogP contribution in [0.2, 0.25) is 0 Å². The fourth-order valence-corrected chi connectivity index (χ4v) is 10.1. The second-order valence-corrected chi connectivity index (χ2v) is 15.0. The van der Waals surface area contributed by atoms with E-state index in [0.29, 0.717) is 0 Å². The van der Waals surface area contributed by atoms with E-state index in [9.17, 15) is 0 Å². The maximum atomic E-state index is 6.66. The van der Waals surface area contributed by atoms with Gasteiger partial charge in [-0.15, -0.1) is 22.7 Å². The van der Waals surface area contributed by atoms with Crippen molar-refractivity contribution in [3.05, 3.63) is 164 Å². The van der Waals surface area contributed by atoms with Gasteiger partial charge in [-0.1, -0.05) is 103 Å². The average Bonchev–Trinajstić information content (AvgIpc) is 3.87. The minimum Gasteiger partial charge on any atom is -0.455 e. The molecule has 11 aromatic rings. The van der Waals surface area contributed by atoms with Gasteiger partial charge in [0.15, 0.2) is 0 Å². The Bertz CT molecular complexity index is 3110. The number of anilines is 3. The first-order chi connectivity index (χ1) is 24.8. The Balaban J connectivity index is 1.14. The molecule has 4 heteroatoms. The van der Waals surface area contributed by atoms with E-state index in [1.165, 1.54) is 56.9 Å². The molecule has 11 rings (SSSR count). The molecule has 0 atom stereocenters. The van der Waals surface area contributed by atoms with Gasteiger partial charge in [0, 0.05) is 62.5 Å². The summed E-state index contributed by atoms with van der Waals surface area (Å²) in [5.41, 5.74) is 7.59. The quantitative estimate of drug-likeness (QED) is 0.185. The van der Waals surface area contributed by atoms with Gasteiger partial charge in [-0.25, -0.2) is 0 Å². The number of rotatable bonds is 4. The molecule has 50 heavy (non-hydrogen) atoms. The maximum Gasteiger partial charge on any atom is 0.143 e. The third-order valence-electron chi connectivity index (χ3n) is 10.1.